The van der Waals surface area contributed by atoms with Crippen LogP contribution in [0.5, 0.6) is 0 Å². The molecular weight excluding hydrogens is 270 g/mol. The number of aromatic nitrogens is 2. The lowest BCUT2D eigenvalue weighted by Crippen LogP contribution is -2.32. The van der Waals surface area contributed by atoms with Crippen LogP contribution >= 0.6 is 0 Å². The maximum absolute atomic E-state index is 11.8. The number of carbonyl (C=O) groups is 2. The molecule has 2 rings (SSSR count). The highest BCUT2D eigenvalue weighted by molar-refractivity contribution is 5.78. The first-order valence-corrected chi connectivity index (χ1v) is 6.81. The van der Waals surface area contributed by atoms with E-state index in [-0.39, 0.29) is 12.3 Å². The number of pyridine rings is 1. The second-order valence-corrected chi connectivity index (χ2v) is 5.66. The molecule has 0 aliphatic rings. The summed E-state index contributed by atoms with van der Waals surface area (Å²) in [6.45, 7) is 3.62. The molecule has 0 aliphatic heterocycles. The summed E-state index contributed by atoms with van der Waals surface area (Å²) in [6.07, 6.45) is 4.27. The van der Waals surface area contributed by atoms with Crippen LogP contribution in [0.25, 0.3) is 5.65 Å². The lowest BCUT2D eigenvalue weighted by atomic mass is 9.90. The number of carbonyl (C=O) groups excluding carboxylic acids is 1. The van der Waals surface area contributed by atoms with Gasteiger partial charge in [0.05, 0.1) is 17.5 Å². The Morgan fingerprint density at radius 1 is 1.38 bits per heavy atom. The monoisotopic (exact) mass is 289 g/mol. The maximum Gasteiger partial charge on any atom is 0.309 e. The van der Waals surface area contributed by atoms with E-state index in [9.17, 15) is 9.59 Å². The Morgan fingerprint density at radius 3 is 2.81 bits per heavy atom. The normalized spacial score (nSPS) is 11.5. The fourth-order valence-corrected chi connectivity index (χ4v) is 1.92. The molecule has 2 aromatic rings. The van der Waals surface area contributed by atoms with Gasteiger partial charge in [0.1, 0.15) is 5.65 Å². The first-order valence-electron chi connectivity index (χ1n) is 6.81. The van der Waals surface area contributed by atoms with E-state index in [1.807, 2.05) is 35.0 Å². The van der Waals surface area contributed by atoms with Crippen LogP contribution in [-0.2, 0) is 16.0 Å². The highest BCUT2D eigenvalue weighted by atomic mass is 16.4. The van der Waals surface area contributed by atoms with Crippen LogP contribution in [0.2, 0.25) is 0 Å². The third-order valence-corrected chi connectivity index (χ3v) is 3.41. The van der Waals surface area contributed by atoms with Crippen molar-refractivity contribution in [2.24, 2.45) is 5.41 Å². The number of amides is 1. The van der Waals surface area contributed by atoms with E-state index in [1.54, 1.807) is 13.8 Å². The van der Waals surface area contributed by atoms with Crippen LogP contribution in [0.1, 0.15) is 26.0 Å². The van der Waals surface area contributed by atoms with Gasteiger partial charge in [-0.1, -0.05) is 6.07 Å². The van der Waals surface area contributed by atoms with Gasteiger partial charge in [0.15, 0.2) is 0 Å². The number of carboxylic acid groups (broad SMARTS) is 1. The second-order valence-electron chi connectivity index (χ2n) is 5.66. The number of nitrogens with zero attached hydrogens (tertiary/aromatic N) is 2. The van der Waals surface area contributed by atoms with E-state index in [4.69, 9.17) is 5.11 Å². The average molecular weight is 289 g/mol. The van der Waals surface area contributed by atoms with Crippen molar-refractivity contribution in [2.75, 3.05) is 6.54 Å². The molecule has 0 radical (unpaired) electrons. The van der Waals surface area contributed by atoms with E-state index in [0.29, 0.717) is 18.7 Å². The fourth-order valence-electron chi connectivity index (χ4n) is 1.92. The van der Waals surface area contributed by atoms with Gasteiger partial charge in [-0.2, -0.15) is 0 Å². The number of hydrogen-bond donors (Lipinski definition) is 2. The van der Waals surface area contributed by atoms with Gasteiger partial charge in [-0.3, -0.25) is 9.59 Å². The number of aliphatic carboxylic acids is 1. The Morgan fingerprint density at radius 2 is 2.14 bits per heavy atom. The second kappa shape index (κ2) is 5.95. The third kappa shape index (κ3) is 3.81. The topological polar surface area (TPSA) is 83.7 Å². The minimum absolute atomic E-state index is 0.153. The Kier molecular flexibility index (Phi) is 4.26. The van der Waals surface area contributed by atoms with Crippen LogP contribution in [-0.4, -0.2) is 32.9 Å². The van der Waals surface area contributed by atoms with Crippen molar-refractivity contribution in [1.82, 2.24) is 14.7 Å². The summed E-state index contributed by atoms with van der Waals surface area (Å²) in [5, 5.41) is 11.7. The molecule has 0 fully saturated rings. The first kappa shape index (κ1) is 15.0. The zero-order valence-electron chi connectivity index (χ0n) is 12.2. The van der Waals surface area contributed by atoms with Crippen molar-refractivity contribution < 1.29 is 14.7 Å². The summed E-state index contributed by atoms with van der Waals surface area (Å²) in [5.74, 6) is -1.02. The molecular formula is C15H19N3O3. The summed E-state index contributed by atoms with van der Waals surface area (Å²) < 4.78 is 1.86. The highest BCUT2D eigenvalue weighted by Gasteiger charge is 2.26. The summed E-state index contributed by atoms with van der Waals surface area (Å²) in [6, 6.07) is 5.66. The van der Waals surface area contributed by atoms with Crippen molar-refractivity contribution in [2.45, 2.75) is 26.7 Å². The molecule has 2 aromatic heterocycles. The van der Waals surface area contributed by atoms with Gasteiger partial charge < -0.3 is 14.8 Å². The number of nitrogens with one attached hydrogen (secondary N) is 1. The molecule has 2 N–H and O–H groups in total. The quantitative estimate of drug-likeness (QED) is 0.844. The number of hydrogen-bond acceptors (Lipinski definition) is 3. The predicted octanol–water partition coefficient (Wildman–Crippen LogP) is 1.49. The molecule has 6 heteroatoms. The molecule has 0 spiro atoms. The SMILES string of the molecule is CC(C)(CCNC(=O)Cc1cn2ccccc2n1)C(=O)O. The van der Waals surface area contributed by atoms with Gasteiger partial charge in [0.25, 0.3) is 0 Å². The van der Waals surface area contributed by atoms with Crippen LogP contribution in [0, 0.1) is 5.41 Å². The largest absolute Gasteiger partial charge is 0.481 e. The van der Waals surface area contributed by atoms with Crippen LogP contribution in [0.4, 0.5) is 0 Å². The zero-order chi connectivity index (χ0) is 15.5. The molecule has 0 bridgehead atoms. The van der Waals surface area contributed by atoms with E-state index in [1.165, 1.54) is 0 Å². The van der Waals surface area contributed by atoms with Crippen molar-refractivity contribution in [3.63, 3.8) is 0 Å². The van der Waals surface area contributed by atoms with Crippen LogP contribution in [0.3, 0.4) is 0 Å². The molecule has 2 heterocycles. The lowest BCUT2D eigenvalue weighted by molar-refractivity contribution is -0.147. The smallest absolute Gasteiger partial charge is 0.309 e. The number of carboxylic acids is 1. The van der Waals surface area contributed by atoms with Gasteiger partial charge in [0, 0.05) is 18.9 Å². The Bertz CT molecular complexity index is 628. The number of fused-ring (bicyclic) bond motifs is 1. The Balaban J connectivity index is 1.86. The van der Waals surface area contributed by atoms with Gasteiger partial charge in [-0.15, -0.1) is 0 Å². The molecule has 0 saturated carbocycles. The molecule has 112 valence electrons. The van der Waals surface area contributed by atoms with E-state index in [0.717, 1.165) is 5.65 Å². The summed E-state index contributed by atoms with van der Waals surface area (Å²) in [5.41, 5.74) is 0.652. The van der Waals surface area contributed by atoms with E-state index >= 15 is 0 Å². The van der Waals surface area contributed by atoms with Crippen molar-refractivity contribution in [1.29, 1.82) is 0 Å². The molecule has 0 aliphatic carbocycles. The molecule has 0 saturated heterocycles. The minimum atomic E-state index is -0.864. The maximum atomic E-state index is 11.8. The van der Waals surface area contributed by atoms with Gasteiger partial charge >= 0.3 is 5.97 Å². The van der Waals surface area contributed by atoms with E-state index in [2.05, 4.69) is 10.3 Å². The minimum Gasteiger partial charge on any atom is -0.481 e. The van der Waals surface area contributed by atoms with Crippen molar-refractivity contribution in [3.8, 4) is 0 Å². The standard InChI is InChI=1S/C15H19N3O3/c1-15(2,14(20)21)6-7-16-13(19)9-11-10-18-8-4-3-5-12(18)17-11/h3-5,8,10H,6-7,9H2,1-2H3,(H,16,19)(H,20,21). The number of imidazole rings is 1. The summed E-state index contributed by atoms with van der Waals surface area (Å²) in [4.78, 5) is 27.1. The molecule has 0 unspecified atom stereocenters. The van der Waals surface area contributed by atoms with Crippen molar-refractivity contribution in [3.05, 3.63) is 36.3 Å². The van der Waals surface area contributed by atoms with Crippen molar-refractivity contribution >= 4 is 17.5 Å². The highest BCUT2D eigenvalue weighted by Crippen LogP contribution is 2.19. The Labute approximate surface area is 122 Å². The lowest BCUT2D eigenvalue weighted by Gasteiger charge is -2.18. The fraction of sp³-hybridized carbons (Fsp3) is 0.400. The molecule has 6 nitrogen and oxygen atoms in total. The Hall–Kier alpha value is -2.37. The number of rotatable bonds is 6. The van der Waals surface area contributed by atoms with Gasteiger partial charge in [0.2, 0.25) is 5.91 Å². The molecule has 21 heavy (non-hydrogen) atoms. The molecule has 0 atom stereocenters. The van der Waals surface area contributed by atoms with Crippen LogP contribution in [0.15, 0.2) is 30.6 Å². The molecule has 0 aromatic carbocycles. The zero-order valence-corrected chi connectivity index (χ0v) is 12.2. The average Bonchev–Trinajstić information content (AvgIpc) is 2.80. The summed E-state index contributed by atoms with van der Waals surface area (Å²) in [7, 11) is 0. The first-order chi connectivity index (χ1) is 9.88. The van der Waals surface area contributed by atoms with E-state index < -0.39 is 11.4 Å². The third-order valence-electron chi connectivity index (χ3n) is 3.41. The van der Waals surface area contributed by atoms with Crippen LogP contribution < -0.4 is 5.32 Å². The predicted molar refractivity (Wildman–Crippen MR) is 77.9 cm³/mol. The van der Waals surface area contributed by atoms with Gasteiger partial charge in [-0.05, 0) is 32.4 Å². The summed E-state index contributed by atoms with van der Waals surface area (Å²) >= 11 is 0. The van der Waals surface area contributed by atoms with Gasteiger partial charge in [-0.25, -0.2) is 4.98 Å². The molecule has 1 amide bonds.